The fraction of sp³-hybridized carbons (Fsp3) is 0.222. The van der Waals surface area contributed by atoms with Crippen LogP contribution in [0.4, 0.5) is 22.7 Å². The van der Waals surface area contributed by atoms with Crippen molar-refractivity contribution < 1.29 is 19.2 Å². The summed E-state index contributed by atoms with van der Waals surface area (Å²) < 4.78 is 4.61. The number of nitrogens with one attached hydrogen (secondary N) is 2. The number of anilines is 3. The van der Waals surface area contributed by atoms with Crippen LogP contribution in [0, 0.1) is 24.0 Å². The van der Waals surface area contributed by atoms with Crippen LogP contribution in [0.1, 0.15) is 28.4 Å². The lowest BCUT2D eigenvalue weighted by molar-refractivity contribution is -0.385. The molecule has 2 aromatic carbocycles. The zero-order valence-electron chi connectivity index (χ0n) is 14.9. The van der Waals surface area contributed by atoms with Crippen molar-refractivity contribution in [3.05, 3.63) is 57.1 Å². The third kappa shape index (κ3) is 4.15. The molecular weight excluding hydrogens is 338 g/mol. The van der Waals surface area contributed by atoms with E-state index < -0.39 is 10.9 Å². The summed E-state index contributed by atoms with van der Waals surface area (Å²) in [5.41, 5.74) is 3.22. The fourth-order valence-corrected chi connectivity index (χ4v) is 2.62. The second-order valence-electron chi connectivity index (χ2n) is 5.77. The maximum atomic E-state index is 11.8. The number of hydrogen-bond donors (Lipinski definition) is 2. The molecule has 0 saturated heterocycles. The number of hydrogen-bond acceptors (Lipinski definition) is 6. The van der Waals surface area contributed by atoms with Crippen LogP contribution in [-0.4, -0.2) is 23.9 Å². The number of carbonyl (C=O) groups is 2. The Bertz CT molecular complexity index is 869. The van der Waals surface area contributed by atoms with E-state index in [0.717, 1.165) is 22.5 Å². The molecule has 2 N–H and O–H groups in total. The first-order valence-corrected chi connectivity index (χ1v) is 7.75. The number of amides is 1. The molecular formula is C18H19N3O5. The quantitative estimate of drug-likeness (QED) is 0.479. The van der Waals surface area contributed by atoms with Gasteiger partial charge in [0.25, 0.3) is 5.69 Å². The number of benzene rings is 2. The van der Waals surface area contributed by atoms with Gasteiger partial charge in [0.15, 0.2) is 0 Å². The molecule has 0 bridgehead atoms. The van der Waals surface area contributed by atoms with Crippen LogP contribution in [0.25, 0.3) is 0 Å². The molecule has 0 aliphatic rings. The highest BCUT2D eigenvalue weighted by Crippen LogP contribution is 2.29. The van der Waals surface area contributed by atoms with Gasteiger partial charge in [-0.15, -0.1) is 0 Å². The first-order valence-electron chi connectivity index (χ1n) is 7.75. The Morgan fingerprint density at radius 2 is 1.69 bits per heavy atom. The van der Waals surface area contributed by atoms with Crippen molar-refractivity contribution >= 4 is 34.6 Å². The predicted octanol–water partition coefficient (Wildman–Crippen LogP) is 3.70. The number of esters is 1. The number of rotatable bonds is 5. The summed E-state index contributed by atoms with van der Waals surface area (Å²) in [7, 11) is 1.17. The molecule has 26 heavy (non-hydrogen) atoms. The van der Waals surface area contributed by atoms with Gasteiger partial charge in [-0.05, 0) is 49.2 Å². The van der Waals surface area contributed by atoms with Gasteiger partial charge in [-0.3, -0.25) is 14.9 Å². The lowest BCUT2D eigenvalue weighted by atomic mass is 10.1. The number of aryl methyl sites for hydroxylation is 2. The van der Waals surface area contributed by atoms with Crippen molar-refractivity contribution in [1.82, 2.24) is 0 Å². The molecule has 0 aliphatic heterocycles. The molecule has 0 unspecified atom stereocenters. The molecule has 0 fully saturated rings. The van der Waals surface area contributed by atoms with Crippen LogP contribution >= 0.6 is 0 Å². The van der Waals surface area contributed by atoms with E-state index >= 15 is 0 Å². The highest BCUT2D eigenvalue weighted by Gasteiger charge is 2.21. The van der Waals surface area contributed by atoms with Gasteiger partial charge in [0.2, 0.25) is 5.91 Å². The monoisotopic (exact) mass is 357 g/mol. The Hall–Kier alpha value is -3.42. The average Bonchev–Trinajstić information content (AvgIpc) is 2.57. The largest absolute Gasteiger partial charge is 0.465 e. The van der Waals surface area contributed by atoms with Crippen LogP contribution < -0.4 is 10.6 Å². The molecule has 0 radical (unpaired) electrons. The Kier molecular flexibility index (Phi) is 5.56. The molecule has 2 rings (SSSR count). The van der Waals surface area contributed by atoms with Crippen molar-refractivity contribution in [2.24, 2.45) is 0 Å². The van der Waals surface area contributed by atoms with Gasteiger partial charge in [-0.1, -0.05) is 0 Å². The third-order valence-electron chi connectivity index (χ3n) is 3.72. The summed E-state index contributed by atoms with van der Waals surface area (Å²) in [5.74, 6) is -0.941. The zero-order chi connectivity index (χ0) is 19.4. The van der Waals surface area contributed by atoms with Crippen LogP contribution in [0.2, 0.25) is 0 Å². The van der Waals surface area contributed by atoms with E-state index in [9.17, 15) is 19.7 Å². The maximum absolute atomic E-state index is 11.8. The second kappa shape index (κ2) is 7.64. The van der Waals surface area contributed by atoms with Gasteiger partial charge in [-0.25, -0.2) is 4.79 Å². The molecule has 0 aromatic heterocycles. The van der Waals surface area contributed by atoms with Crippen LogP contribution in [0.3, 0.4) is 0 Å². The Labute approximate surface area is 150 Å². The van der Waals surface area contributed by atoms with E-state index in [1.807, 2.05) is 26.0 Å². The topological polar surface area (TPSA) is 111 Å². The number of methoxy groups -OCH3 is 1. The molecule has 0 atom stereocenters. The highest BCUT2D eigenvalue weighted by atomic mass is 16.6. The molecule has 136 valence electrons. The first-order chi connectivity index (χ1) is 12.2. The van der Waals surface area contributed by atoms with Gasteiger partial charge < -0.3 is 15.4 Å². The van der Waals surface area contributed by atoms with Gasteiger partial charge >= 0.3 is 5.97 Å². The summed E-state index contributed by atoms with van der Waals surface area (Å²) in [6.07, 6.45) is 0. The average molecular weight is 357 g/mol. The summed E-state index contributed by atoms with van der Waals surface area (Å²) >= 11 is 0. The standard InChI is InChI=1S/C18H19N3O5/c1-10-7-14(8-11(2)17(10)19-12(3)22)20-13-5-6-16(21(24)25)15(9-13)18(23)26-4/h5-9,20H,1-4H3,(H,19,22). The van der Waals surface area contributed by atoms with E-state index in [1.165, 1.54) is 32.2 Å². The number of ether oxygens (including phenoxy) is 1. The molecule has 8 heteroatoms. The lowest BCUT2D eigenvalue weighted by Crippen LogP contribution is -2.09. The van der Waals surface area contributed by atoms with E-state index in [-0.39, 0.29) is 17.2 Å². The Morgan fingerprint density at radius 1 is 1.08 bits per heavy atom. The van der Waals surface area contributed by atoms with E-state index in [2.05, 4.69) is 15.4 Å². The number of nitro groups is 1. The van der Waals surface area contributed by atoms with Crippen molar-refractivity contribution in [2.45, 2.75) is 20.8 Å². The smallest absolute Gasteiger partial charge is 0.344 e. The van der Waals surface area contributed by atoms with Crippen LogP contribution in [-0.2, 0) is 9.53 Å². The number of nitrogens with zero attached hydrogens (tertiary/aromatic N) is 1. The van der Waals surface area contributed by atoms with Gasteiger partial charge in [0.05, 0.1) is 12.0 Å². The molecule has 0 saturated carbocycles. The molecule has 1 amide bonds. The maximum Gasteiger partial charge on any atom is 0.344 e. The fourth-order valence-electron chi connectivity index (χ4n) is 2.62. The first kappa shape index (κ1) is 18.9. The van der Waals surface area contributed by atoms with Gasteiger partial charge in [0, 0.05) is 30.1 Å². The van der Waals surface area contributed by atoms with E-state index in [1.54, 1.807) is 0 Å². The Balaban J connectivity index is 2.38. The number of carbonyl (C=O) groups excluding carboxylic acids is 2. The minimum Gasteiger partial charge on any atom is -0.465 e. The molecule has 2 aromatic rings. The van der Waals surface area contributed by atoms with Crippen LogP contribution in [0.15, 0.2) is 30.3 Å². The van der Waals surface area contributed by atoms with E-state index in [4.69, 9.17) is 0 Å². The van der Waals surface area contributed by atoms with Crippen molar-refractivity contribution in [3.63, 3.8) is 0 Å². The van der Waals surface area contributed by atoms with Crippen molar-refractivity contribution in [2.75, 3.05) is 17.7 Å². The summed E-state index contributed by atoms with van der Waals surface area (Å²) in [4.78, 5) is 33.5. The predicted molar refractivity (Wildman–Crippen MR) is 97.9 cm³/mol. The van der Waals surface area contributed by atoms with E-state index in [0.29, 0.717) is 5.69 Å². The van der Waals surface area contributed by atoms with Gasteiger partial charge in [-0.2, -0.15) is 0 Å². The summed E-state index contributed by atoms with van der Waals surface area (Å²) in [6, 6.07) is 7.79. The third-order valence-corrected chi connectivity index (χ3v) is 3.72. The SMILES string of the molecule is COC(=O)c1cc(Nc2cc(C)c(NC(C)=O)c(C)c2)ccc1[N+](=O)[O-]. The second-order valence-corrected chi connectivity index (χ2v) is 5.77. The normalized spacial score (nSPS) is 10.2. The lowest BCUT2D eigenvalue weighted by Gasteiger charge is -2.14. The van der Waals surface area contributed by atoms with Crippen molar-refractivity contribution in [3.8, 4) is 0 Å². The number of nitro benzene ring substituents is 1. The Morgan fingerprint density at radius 3 is 2.19 bits per heavy atom. The van der Waals surface area contributed by atoms with Crippen molar-refractivity contribution in [1.29, 1.82) is 0 Å². The zero-order valence-corrected chi connectivity index (χ0v) is 14.9. The van der Waals surface area contributed by atoms with Gasteiger partial charge in [0.1, 0.15) is 5.56 Å². The minimum absolute atomic E-state index is 0.134. The highest BCUT2D eigenvalue weighted by molar-refractivity contribution is 5.95. The minimum atomic E-state index is -0.784. The van der Waals surface area contributed by atoms with Crippen LogP contribution in [0.5, 0.6) is 0 Å². The molecule has 0 aliphatic carbocycles. The molecule has 8 nitrogen and oxygen atoms in total. The summed E-state index contributed by atoms with van der Waals surface area (Å²) in [5, 5.41) is 17.0. The molecule has 0 spiro atoms. The summed E-state index contributed by atoms with van der Waals surface area (Å²) in [6.45, 7) is 5.16. The molecule has 0 heterocycles.